The van der Waals surface area contributed by atoms with Crippen molar-refractivity contribution in [3.63, 3.8) is 0 Å². The van der Waals surface area contributed by atoms with E-state index in [1.165, 1.54) is 11.1 Å². The van der Waals surface area contributed by atoms with Crippen LogP contribution in [0.2, 0.25) is 0 Å². The van der Waals surface area contributed by atoms with E-state index in [0.29, 0.717) is 11.9 Å². The molecule has 2 heterocycles. The highest BCUT2D eigenvalue weighted by atomic mass is 16.3. The zero-order chi connectivity index (χ0) is 19.3. The first-order valence-corrected chi connectivity index (χ1v) is 10.3. The molecule has 1 aromatic carbocycles. The fourth-order valence-corrected chi connectivity index (χ4v) is 5.44. The van der Waals surface area contributed by atoms with Gasteiger partial charge in [-0.1, -0.05) is 24.3 Å². The predicted molar refractivity (Wildman–Crippen MR) is 107 cm³/mol. The molecule has 3 aliphatic rings. The molecule has 27 heavy (non-hydrogen) atoms. The molecule has 0 radical (unpaired) electrons. The van der Waals surface area contributed by atoms with Gasteiger partial charge in [-0.3, -0.25) is 9.69 Å². The maximum absolute atomic E-state index is 12.9. The van der Waals surface area contributed by atoms with Crippen LogP contribution in [0, 0.1) is 5.92 Å². The van der Waals surface area contributed by atoms with E-state index in [4.69, 9.17) is 0 Å². The molecular formula is C22H33N3O2. The number of carbonyl (C=O) groups is 1. The highest BCUT2D eigenvalue weighted by Gasteiger charge is 2.53. The van der Waals surface area contributed by atoms with Crippen molar-refractivity contribution in [2.75, 3.05) is 40.3 Å². The first-order valence-electron chi connectivity index (χ1n) is 10.3. The number of rotatable bonds is 3. The van der Waals surface area contributed by atoms with Crippen molar-refractivity contribution in [3.05, 3.63) is 35.4 Å². The van der Waals surface area contributed by atoms with Gasteiger partial charge in [-0.15, -0.1) is 0 Å². The third-order valence-corrected chi connectivity index (χ3v) is 7.19. The summed E-state index contributed by atoms with van der Waals surface area (Å²) in [4.78, 5) is 19.4. The van der Waals surface area contributed by atoms with Gasteiger partial charge in [0.25, 0.3) is 0 Å². The van der Waals surface area contributed by atoms with Crippen LogP contribution in [0.5, 0.6) is 0 Å². The first-order chi connectivity index (χ1) is 12.8. The molecule has 2 aliphatic heterocycles. The molecule has 5 heteroatoms. The molecule has 0 aromatic heterocycles. The summed E-state index contributed by atoms with van der Waals surface area (Å²) >= 11 is 0. The number of amides is 1. The number of aliphatic hydroxyl groups excluding tert-OH is 1. The Morgan fingerprint density at radius 2 is 1.81 bits per heavy atom. The Bertz CT molecular complexity index is 703. The van der Waals surface area contributed by atoms with Crippen molar-refractivity contribution < 1.29 is 9.90 Å². The number of carbonyl (C=O) groups excluding carboxylic acids is 1. The summed E-state index contributed by atoms with van der Waals surface area (Å²) in [6.07, 6.45) is 1.28. The lowest BCUT2D eigenvalue weighted by Gasteiger charge is -2.47. The van der Waals surface area contributed by atoms with Gasteiger partial charge in [0.15, 0.2) is 0 Å². The van der Waals surface area contributed by atoms with E-state index < -0.39 is 6.10 Å². The molecule has 1 aliphatic carbocycles. The van der Waals surface area contributed by atoms with Crippen LogP contribution < -0.4 is 0 Å². The Morgan fingerprint density at radius 1 is 1.19 bits per heavy atom. The summed E-state index contributed by atoms with van der Waals surface area (Å²) in [5, 5.41) is 11.3. The van der Waals surface area contributed by atoms with Crippen LogP contribution in [0.1, 0.15) is 43.9 Å². The lowest BCUT2D eigenvalue weighted by atomic mass is 9.71. The minimum absolute atomic E-state index is 0.0367. The van der Waals surface area contributed by atoms with Crippen molar-refractivity contribution in [1.29, 1.82) is 0 Å². The zero-order valence-corrected chi connectivity index (χ0v) is 17.1. The summed E-state index contributed by atoms with van der Waals surface area (Å²) in [5.41, 5.74) is 2.32. The van der Waals surface area contributed by atoms with Gasteiger partial charge in [-0.2, -0.15) is 0 Å². The molecule has 2 atom stereocenters. The Labute approximate surface area is 162 Å². The predicted octanol–water partition coefficient (Wildman–Crippen LogP) is 1.86. The maximum Gasteiger partial charge on any atom is 0.228 e. The molecule has 1 spiro atoms. The molecule has 1 aromatic rings. The Hall–Kier alpha value is -1.43. The number of hydrogen-bond acceptors (Lipinski definition) is 4. The summed E-state index contributed by atoms with van der Waals surface area (Å²) < 4.78 is 0. The maximum atomic E-state index is 12.9. The fourth-order valence-electron chi connectivity index (χ4n) is 5.44. The van der Waals surface area contributed by atoms with Crippen LogP contribution in [0.15, 0.2) is 24.3 Å². The Balaban J connectivity index is 1.48. The minimum atomic E-state index is -0.415. The fraction of sp³-hybridized carbons (Fsp3) is 0.682. The van der Waals surface area contributed by atoms with Gasteiger partial charge in [0.1, 0.15) is 0 Å². The van der Waals surface area contributed by atoms with Crippen molar-refractivity contribution >= 4 is 5.91 Å². The first kappa shape index (κ1) is 18.9. The standard InChI is InChI=1S/C22H33N3O2/c1-15(2)25-13-16(14-25)21(27)24-11-9-22(10-12-24)18-8-6-5-7-17(18)19(20(22)26)23(3)4/h5-8,15-16,19-20,26H,9-14H2,1-4H3/t19-,20+/m1/s1. The van der Waals surface area contributed by atoms with Crippen LogP contribution in [-0.2, 0) is 10.2 Å². The molecule has 1 N–H and O–H groups in total. The van der Waals surface area contributed by atoms with Crippen LogP contribution in [0.25, 0.3) is 0 Å². The van der Waals surface area contributed by atoms with Crippen molar-refractivity contribution in [3.8, 4) is 0 Å². The van der Waals surface area contributed by atoms with E-state index in [0.717, 1.165) is 39.0 Å². The van der Waals surface area contributed by atoms with Gasteiger partial charge in [-0.25, -0.2) is 0 Å². The molecule has 5 nitrogen and oxygen atoms in total. The number of aliphatic hydroxyl groups is 1. The monoisotopic (exact) mass is 371 g/mol. The normalized spacial score (nSPS) is 28.0. The topological polar surface area (TPSA) is 47.0 Å². The quantitative estimate of drug-likeness (QED) is 0.881. The second-order valence-electron chi connectivity index (χ2n) is 9.17. The van der Waals surface area contributed by atoms with Crippen LogP contribution in [0.3, 0.4) is 0 Å². The van der Waals surface area contributed by atoms with Gasteiger partial charge in [-0.05, 0) is 51.9 Å². The van der Waals surface area contributed by atoms with Crippen LogP contribution in [-0.4, -0.2) is 78.1 Å². The number of piperidine rings is 1. The van der Waals surface area contributed by atoms with E-state index in [1.54, 1.807) is 0 Å². The average molecular weight is 372 g/mol. The summed E-state index contributed by atoms with van der Waals surface area (Å²) in [5.74, 6) is 0.475. The lowest BCUT2D eigenvalue weighted by molar-refractivity contribution is -0.144. The van der Waals surface area contributed by atoms with Gasteiger partial charge in [0.2, 0.25) is 5.91 Å². The third-order valence-electron chi connectivity index (χ3n) is 7.19. The van der Waals surface area contributed by atoms with Crippen molar-refractivity contribution in [2.24, 2.45) is 5.92 Å². The molecular weight excluding hydrogens is 338 g/mol. The smallest absolute Gasteiger partial charge is 0.228 e. The van der Waals surface area contributed by atoms with Crippen molar-refractivity contribution in [1.82, 2.24) is 14.7 Å². The third kappa shape index (κ3) is 2.91. The second-order valence-corrected chi connectivity index (χ2v) is 9.17. The minimum Gasteiger partial charge on any atom is -0.390 e. The molecule has 0 saturated carbocycles. The number of likely N-dealkylation sites (N-methyl/N-ethyl adjacent to an activating group) is 1. The van der Waals surface area contributed by atoms with Crippen LogP contribution in [0.4, 0.5) is 0 Å². The van der Waals surface area contributed by atoms with Gasteiger partial charge < -0.3 is 14.9 Å². The lowest BCUT2D eigenvalue weighted by Crippen LogP contribution is -2.58. The highest BCUT2D eigenvalue weighted by molar-refractivity contribution is 5.80. The van der Waals surface area contributed by atoms with Gasteiger partial charge >= 0.3 is 0 Å². The molecule has 0 bridgehead atoms. The largest absolute Gasteiger partial charge is 0.390 e. The molecule has 4 rings (SSSR count). The van der Waals surface area contributed by atoms with Gasteiger partial charge in [0.05, 0.1) is 18.1 Å². The molecule has 2 fully saturated rings. The summed E-state index contributed by atoms with van der Waals surface area (Å²) in [6.45, 7) is 7.67. The second kappa shape index (κ2) is 6.87. The highest BCUT2D eigenvalue weighted by Crippen LogP contribution is 2.52. The van der Waals surface area contributed by atoms with E-state index >= 15 is 0 Å². The van der Waals surface area contributed by atoms with Crippen molar-refractivity contribution in [2.45, 2.75) is 50.3 Å². The number of nitrogens with zero attached hydrogens (tertiary/aromatic N) is 3. The number of fused-ring (bicyclic) bond motifs is 2. The molecule has 1 amide bonds. The average Bonchev–Trinajstić information content (AvgIpc) is 2.83. The SMILES string of the molecule is CC(C)N1CC(C(=O)N2CCC3(CC2)c2ccccc2[C@@H](N(C)C)[C@@H]3O)C1. The zero-order valence-electron chi connectivity index (χ0n) is 17.1. The van der Waals surface area contributed by atoms with E-state index in [9.17, 15) is 9.90 Å². The van der Waals surface area contributed by atoms with E-state index in [1.807, 2.05) is 19.0 Å². The van der Waals surface area contributed by atoms with Crippen LogP contribution >= 0.6 is 0 Å². The van der Waals surface area contributed by atoms with E-state index in [2.05, 4.69) is 47.9 Å². The van der Waals surface area contributed by atoms with E-state index in [-0.39, 0.29) is 17.4 Å². The van der Waals surface area contributed by atoms with Gasteiger partial charge in [0, 0.05) is 37.6 Å². The Kier molecular flexibility index (Phi) is 4.81. The Morgan fingerprint density at radius 3 is 2.41 bits per heavy atom. The number of likely N-dealkylation sites (tertiary alicyclic amines) is 2. The molecule has 2 saturated heterocycles. The number of benzene rings is 1. The summed E-state index contributed by atoms with van der Waals surface area (Å²) in [6, 6.07) is 9.05. The molecule has 148 valence electrons. The number of hydrogen-bond donors (Lipinski definition) is 1. The summed E-state index contributed by atoms with van der Waals surface area (Å²) in [7, 11) is 4.08. The molecule has 0 unspecified atom stereocenters.